The van der Waals surface area contributed by atoms with Crippen LogP contribution >= 0.6 is 0 Å². The van der Waals surface area contributed by atoms with Gasteiger partial charge in [-0.05, 0) is 62.1 Å². The van der Waals surface area contributed by atoms with Crippen molar-refractivity contribution in [3.05, 3.63) is 54.0 Å². The van der Waals surface area contributed by atoms with Crippen LogP contribution in [-0.4, -0.2) is 48.1 Å². The monoisotopic (exact) mass is 369 g/mol. The van der Waals surface area contributed by atoms with E-state index in [4.69, 9.17) is 4.74 Å². The summed E-state index contributed by atoms with van der Waals surface area (Å²) in [5.41, 5.74) is 0.691. The third-order valence-electron chi connectivity index (χ3n) is 5.57. The smallest absolute Gasteiger partial charge is 0.254 e. The quantitative estimate of drug-likeness (QED) is 0.829. The lowest BCUT2D eigenvalue weighted by Gasteiger charge is -2.39. The van der Waals surface area contributed by atoms with E-state index >= 15 is 0 Å². The first kappa shape index (κ1) is 17.8. The van der Waals surface area contributed by atoms with E-state index in [1.165, 1.54) is 12.3 Å². The molecule has 6 heteroatoms. The van der Waals surface area contributed by atoms with Crippen LogP contribution in [0.25, 0.3) is 0 Å². The van der Waals surface area contributed by atoms with Gasteiger partial charge in [0.15, 0.2) is 0 Å². The first-order valence-electron chi connectivity index (χ1n) is 9.56. The van der Waals surface area contributed by atoms with Crippen LogP contribution < -0.4 is 9.64 Å². The molecular weight excluding hydrogens is 345 g/mol. The lowest BCUT2D eigenvalue weighted by molar-refractivity contribution is 0.0712. The molecular formula is C21H24FN3O2. The Kier molecular flexibility index (Phi) is 4.97. The lowest BCUT2D eigenvalue weighted by Crippen LogP contribution is -2.50. The summed E-state index contributed by atoms with van der Waals surface area (Å²) in [7, 11) is 0. The Balaban J connectivity index is 1.48. The highest BCUT2D eigenvalue weighted by Gasteiger charge is 2.41. The first-order valence-corrected chi connectivity index (χ1v) is 9.56. The number of halogens is 1. The van der Waals surface area contributed by atoms with E-state index in [0.717, 1.165) is 44.0 Å². The molecule has 5 nitrogen and oxygen atoms in total. The molecule has 0 radical (unpaired) electrons. The second-order valence-corrected chi connectivity index (χ2v) is 7.14. The minimum Gasteiger partial charge on any atom is -0.494 e. The van der Waals surface area contributed by atoms with Gasteiger partial charge in [0, 0.05) is 25.2 Å². The van der Waals surface area contributed by atoms with Gasteiger partial charge in [0.2, 0.25) is 0 Å². The van der Waals surface area contributed by atoms with Crippen molar-refractivity contribution < 1.29 is 13.9 Å². The lowest BCUT2D eigenvalue weighted by atomic mass is 9.92. The molecule has 0 aliphatic carbocycles. The molecule has 142 valence electrons. The van der Waals surface area contributed by atoms with Crippen molar-refractivity contribution in [2.75, 3.05) is 31.1 Å². The fourth-order valence-electron chi connectivity index (χ4n) is 4.18. The van der Waals surface area contributed by atoms with Gasteiger partial charge in [-0.25, -0.2) is 9.37 Å². The summed E-state index contributed by atoms with van der Waals surface area (Å²) in [6.45, 7) is 4.97. The number of hydrogen-bond acceptors (Lipinski definition) is 4. The van der Waals surface area contributed by atoms with Crippen molar-refractivity contribution in [2.24, 2.45) is 5.92 Å². The van der Waals surface area contributed by atoms with Crippen molar-refractivity contribution in [1.29, 1.82) is 0 Å². The number of carbonyl (C=O) groups excluding carboxylic acids is 1. The zero-order valence-electron chi connectivity index (χ0n) is 15.5. The molecule has 0 N–H and O–H groups in total. The number of benzene rings is 1. The van der Waals surface area contributed by atoms with Crippen LogP contribution in [0.2, 0.25) is 0 Å². The molecule has 1 aromatic carbocycles. The van der Waals surface area contributed by atoms with E-state index in [0.29, 0.717) is 18.1 Å². The van der Waals surface area contributed by atoms with E-state index in [9.17, 15) is 9.18 Å². The predicted molar refractivity (Wildman–Crippen MR) is 102 cm³/mol. The third-order valence-corrected chi connectivity index (χ3v) is 5.57. The van der Waals surface area contributed by atoms with Crippen LogP contribution in [0.15, 0.2) is 42.6 Å². The van der Waals surface area contributed by atoms with Crippen LogP contribution in [0.3, 0.4) is 0 Å². The molecule has 0 bridgehead atoms. The van der Waals surface area contributed by atoms with Gasteiger partial charge in [-0.1, -0.05) is 0 Å². The highest BCUT2D eigenvalue weighted by Crippen LogP contribution is 2.34. The maximum Gasteiger partial charge on any atom is 0.254 e. The van der Waals surface area contributed by atoms with Crippen molar-refractivity contribution >= 4 is 11.7 Å². The molecule has 0 saturated carbocycles. The Labute approximate surface area is 158 Å². The predicted octanol–water partition coefficient (Wildman–Crippen LogP) is 3.36. The fraction of sp³-hybridized carbons (Fsp3) is 0.429. The summed E-state index contributed by atoms with van der Waals surface area (Å²) in [5, 5.41) is 0. The van der Waals surface area contributed by atoms with Gasteiger partial charge in [0.1, 0.15) is 17.4 Å². The summed E-state index contributed by atoms with van der Waals surface area (Å²) >= 11 is 0. The summed E-state index contributed by atoms with van der Waals surface area (Å²) in [5.74, 6) is 1.81. The summed E-state index contributed by atoms with van der Waals surface area (Å²) < 4.78 is 18.6. The van der Waals surface area contributed by atoms with E-state index in [1.54, 1.807) is 6.07 Å². The number of hydrogen-bond donors (Lipinski definition) is 0. The van der Waals surface area contributed by atoms with Gasteiger partial charge in [-0.3, -0.25) is 4.79 Å². The molecule has 2 aromatic rings. The SMILES string of the molecule is CCOc1ccc(C(=O)N2CCC3CCN(c4ccc(F)cn4)CC32)cc1. The van der Waals surface area contributed by atoms with E-state index in [-0.39, 0.29) is 17.8 Å². The third kappa shape index (κ3) is 3.61. The molecule has 3 heterocycles. The molecule has 2 unspecified atom stereocenters. The van der Waals surface area contributed by atoms with Gasteiger partial charge in [-0.2, -0.15) is 0 Å². The molecule has 2 atom stereocenters. The number of piperidine rings is 1. The van der Waals surface area contributed by atoms with Crippen LogP contribution in [0.4, 0.5) is 10.2 Å². The summed E-state index contributed by atoms with van der Waals surface area (Å²) in [6, 6.07) is 10.7. The van der Waals surface area contributed by atoms with E-state index < -0.39 is 0 Å². The zero-order valence-corrected chi connectivity index (χ0v) is 15.5. The topological polar surface area (TPSA) is 45.7 Å². The number of rotatable bonds is 4. The van der Waals surface area contributed by atoms with Crippen LogP contribution in [0.1, 0.15) is 30.1 Å². The maximum atomic E-state index is 13.2. The summed E-state index contributed by atoms with van der Waals surface area (Å²) in [4.78, 5) is 21.4. The van der Waals surface area contributed by atoms with Crippen molar-refractivity contribution in [1.82, 2.24) is 9.88 Å². The number of carbonyl (C=O) groups is 1. The molecule has 2 aliphatic rings. The Morgan fingerprint density at radius 3 is 2.67 bits per heavy atom. The summed E-state index contributed by atoms with van der Waals surface area (Å²) in [6.07, 6.45) is 3.31. The average molecular weight is 369 g/mol. The van der Waals surface area contributed by atoms with Crippen LogP contribution in [-0.2, 0) is 0 Å². The minimum absolute atomic E-state index is 0.0689. The van der Waals surface area contributed by atoms with Gasteiger partial charge < -0.3 is 14.5 Å². The Hall–Kier alpha value is -2.63. The molecule has 2 aliphatic heterocycles. The number of anilines is 1. The first-order chi connectivity index (χ1) is 13.2. The number of aromatic nitrogens is 1. The second kappa shape index (κ2) is 7.55. The molecule has 1 amide bonds. The highest BCUT2D eigenvalue weighted by atomic mass is 19.1. The fourth-order valence-corrected chi connectivity index (χ4v) is 4.18. The Morgan fingerprint density at radius 2 is 1.96 bits per heavy atom. The Bertz CT molecular complexity index is 794. The zero-order chi connectivity index (χ0) is 18.8. The molecule has 2 fully saturated rings. The number of likely N-dealkylation sites (tertiary alicyclic amines) is 1. The highest BCUT2D eigenvalue weighted by molar-refractivity contribution is 5.94. The Morgan fingerprint density at radius 1 is 1.19 bits per heavy atom. The molecule has 0 spiro atoms. The standard InChI is InChI=1S/C21H24FN3O2/c1-2-27-18-6-3-16(4-7-18)21(26)25-12-10-15-9-11-24(14-19(15)25)20-8-5-17(22)13-23-20/h3-8,13,15,19H,2,9-12,14H2,1H3. The molecule has 27 heavy (non-hydrogen) atoms. The van der Waals surface area contributed by atoms with Crippen LogP contribution in [0.5, 0.6) is 5.75 Å². The van der Waals surface area contributed by atoms with Crippen LogP contribution in [0, 0.1) is 11.7 Å². The number of nitrogens with zero attached hydrogens (tertiary/aromatic N) is 3. The minimum atomic E-state index is -0.332. The number of ether oxygens (including phenoxy) is 1. The van der Waals surface area contributed by atoms with Gasteiger partial charge >= 0.3 is 0 Å². The van der Waals surface area contributed by atoms with Gasteiger partial charge in [-0.15, -0.1) is 0 Å². The number of fused-ring (bicyclic) bond motifs is 1. The number of amides is 1. The number of pyridine rings is 1. The van der Waals surface area contributed by atoms with E-state index in [1.807, 2.05) is 36.1 Å². The largest absolute Gasteiger partial charge is 0.494 e. The van der Waals surface area contributed by atoms with E-state index in [2.05, 4.69) is 9.88 Å². The van der Waals surface area contributed by atoms with Gasteiger partial charge in [0.05, 0.1) is 18.8 Å². The van der Waals surface area contributed by atoms with Gasteiger partial charge in [0.25, 0.3) is 5.91 Å². The second-order valence-electron chi connectivity index (χ2n) is 7.14. The normalized spacial score (nSPS) is 21.9. The molecule has 1 aromatic heterocycles. The van der Waals surface area contributed by atoms with Crippen molar-refractivity contribution in [2.45, 2.75) is 25.8 Å². The molecule has 4 rings (SSSR count). The van der Waals surface area contributed by atoms with Crippen molar-refractivity contribution in [3.63, 3.8) is 0 Å². The van der Waals surface area contributed by atoms with Crippen molar-refractivity contribution in [3.8, 4) is 5.75 Å². The average Bonchev–Trinajstić information content (AvgIpc) is 3.12. The maximum absolute atomic E-state index is 13.2. The molecule has 2 saturated heterocycles.